The van der Waals surface area contributed by atoms with Gasteiger partial charge in [-0.2, -0.15) is 0 Å². The molecule has 1 amide bonds. The standard InChI is InChI=1S/C21H21NO4/c1-15-5-3-4-6-18(15)11-12-21(25)26-14-20(24)19-9-7-17(8-10-19)13-22-16(2)23/h3-12H,13-14H2,1-2H3,(H,22,23)/b12-11+. The molecule has 0 aliphatic rings. The summed E-state index contributed by atoms with van der Waals surface area (Å²) in [5.74, 6) is -0.964. The van der Waals surface area contributed by atoms with E-state index < -0.39 is 5.97 Å². The van der Waals surface area contributed by atoms with E-state index in [4.69, 9.17) is 4.74 Å². The van der Waals surface area contributed by atoms with Gasteiger partial charge >= 0.3 is 5.97 Å². The zero-order chi connectivity index (χ0) is 18.9. The molecule has 5 heteroatoms. The molecule has 5 nitrogen and oxygen atoms in total. The molecule has 0 aliphatic carbocycles. The number of carbonyl (C=O) groups is 3. The molecule has 0 saturated heterocycles. The summed E-state index contributed by atoms with van der Waals surface area (Å²) < 4.78 is 5.00. The summed E-state index contributed by atoms with van der Waals surface area (Å²) in [5, 5.41) is 2.68. The van der Waals surface area contributed by atoms with Crippen molar-refractivity contribution < 1.29 is 19.1 Å². The summed E-state index contributed by atoms with van der Waals surface area (Å²) in [6.45, 7) is 3.48. The largest absolute Gasteiger partial charge is 0.454 e. The van der Waals surface area contributed by atoms with E-state index >= 15 is 0 Å². The molecule has 0 aromatic heterocycles. The Labute approximate surface area is 152 Å². The number of rotatable bonds is 7. The summed E-state index contributed by atoms with van der Waals surface area (Å²) in [6.07, 6.45) is 2.98. The molecule has 1 N–H and O–H groups in total. The van der Waals surface area contributed by atoms with Gasteiger partial charge < -0.3 is 10.1 Å². The molecule has 0 atom stereocenters. The second-order valence-corrected chi connectivity index (χ2v) is 5.83. The van der Waals surface area contributed by atoms with E-state index in [1.807, 2.05) is 31.2 Å². The van der Waals surface area contributed by atoms with E-state index in [0.29, 0.717) is 12.1 Å². The monoisotopic (exact) mass is 351 g/mol. The van der Waals surface area contributed by atoms with Crippen molar-refractivity contribution in [2.45, 2.75) is 20.4 Å². The van der Waals surface area contributed by atoms with Crippen LogP contribution in [-0.4, -0.2) is 24.3 Å². The third-order valence-corrected chi connectivity index (χ3v) is 3.75. The van der Waals surface area contributed by atoms with Crippen LogP contribution in [0.4, 0.5) is 0 Å². The van der Waals surface area contributed by atoms with Crippen molar-refractivity contribution >= 4 is 23.7 Å². The van der Waals surface area contributed by atoms with Crippen LogP contribution in [0.5, 0.6) is 0 Å². The predicted octanol–water partition coefficient (Wildman–Crippen LogP) is 3.07. The number of Topliss-reactive ketones (excluding diaryl/α,β-unsaturated/α-hetero) is 1. The number of hydrogen-bond donors (Lipinski definition) is 1. The minimum atomic E-state index is -0.566. The van der Waals surface area contributed by atoms with Gasteiger partial charge in [0.25, 0.3) is 0 Å². The fraction of sp³-hybridized carbons (Fsp3) is 0.190. The molecular formula is C21H21NO4. The lowest BCUT2D eigenvalue weighted by Gasteiger charge is -2.05. The number of ether oxygens (including phenoxy) is 1. The van der Waals surface area contributed by atoms with Gasteiger partial charge in [-0.1, -0.05) is 48.5 Å². The number of aryl methyl sites for hydroxylation is 1. The number of esters is 1. The maximum atomic E-state index is 12.1. The van der Waals surface area contributed by atoms with Crippen LogP contribution in [-0.2, 0) is 20.9 Å². The maximum absolute atomic E-state index is 12.1. The van der Waals surface area contributed by atoms with Gasteiger partial charge in [0.2, 0.25) is 5.91 Å². The Bertz CT molecular complexity index is 822. The van der Waals surface area contributed by atoms with Crippen LogP contribution in [0.15, 0.2) is 54.6 Å². The fourth-order valence-corrected chi connectivity index (χ4v) is 2.23. The molecule has 134 valence electrons. The van der Waals surface area contributed by atoms with Gasteiger partial charge in [-0.3, -0.25) is 9.59 Å². The molecule has 0 saturated carbocycles. The minimum Gasteiger partial charge on any atom is -0.454 e. The van der Waals surface area contributed by atoms with Crippen molar-refractivity contribution in [3.05, 3.63) is 76.9 Å². The molecule has 26 heavy (non-hydrogen) atoms. The summed E-state index contributed by atoms with van der Waals surface area (Å²) >= 11 is 0. The third kappa shape index (κ3) is 6.02. The Morgan fingerprint density at radius 1 is 1.04 bits per heavy atom. The van der Waals surface area contributed by atoms with Gasteiger partial charge in [0.15, 0.2) is 12.4 Å². The Morgan fingerprint density at radius 2 is 1.73 bits per heavy atom. The summed E-state index contributed by atoms with van der Waals surface area (Å²) in [4.78, 5) is 34.7. The van der Waals surface area contributed by atoms with E-state index in [1.165, 1.54) is 13.0 Å². The molecule has 0 spiro atoms. The SMILES string of the molecule is CC(=O)NCc1ccc(C(=O)COC(=O)/C=C/c2ccccc2C)cc1. The molecule has 2 aromatic carbocycles. The highest BCUT2D eigenvalue weighted by Crippen LogP contribution is 2.09. The second-order valence-electron chi connectivity index (χ2n) is 5.83. The Kier molecular flexibility index (Phi) is 6.85. The zero-order valence-corrected chi connectivity index (χ0v) is 14.8. The van der Waals surface area contributed by atoms with Crippen molar-refractivity contribution in [1.29, 1.82) is 0 Å². The van der Waals surface area contributed by atoms with Gasteiger partial charge in [0.1, 0.15) is 0 Å². The third-order valence-electron chi connectivity index (χ3n) is 3.75. The Morgan fingerprint density at radius 3 is 2.38 bits per heavy atom. The van der Waals surface area contributed by atoms with Crippen LogP contribution in [0.3, 0.4) is 0 Å². The Hall–Kier alpha value is -3.21. The quantitative estimate of drug-likeness (QED) is 0.473. The Balaban J connectivity index is 1.85. The van der Waals surface area contributed by atoms with Crippen LogP contribution in [0.2, 0.25) is 0 Å². The first kappa shape index (κ1) is 19.1. The number of benzene rings is 2. The fourth-order valence-electron chi connectivity index (χ4n) is 2.23. The van der Waals surface area contributed by atoms with Gasteiger partial charge in [-0.05, 0) is 29.7 Å². The van der Waals surface area contributed by atoms with Crippen molar-refractivity contribution in [2.75, 3.05) is 6.61 Å². The van der Waals surface area contributed by atoms with Crippen LogP contribution < -0.4 is 5.32 Å². The zero-order valence-electron chi connectivity index (χ0n) is 14.8. The molecule has 0 bridgehead atoms. The van der Waals surface area contributed by atoms with Crippen molar-refractivity contribution in [1.82, 2.24) is 5.32 Å². The van der Waals surface area contributed by atoms with E-state index in [0.717, 1.165) is 16.7 Å². The van der Waals surface area contributed by atoms with E-state index in [2.05, 4.69) is 5.32 Å². The smallest absolute Gasteiger partial charge is 0.331 e. The first-order valence-electron chi connectivity index (χ1n) is 8.23. The van der Waals surface area contributed by atoms with Crippen LogP contribution in [0.1, 0.15) is 34.0 Å². The number of carbonyl (C=O) groups excluding carboxylic acids is 3. The maximum Gasteiger partial charge on any atom is 0.331 e. The lowest BCUT2D eigenvalue weighted by Crippen LogP contribution is -2.19. The first-order valence-corrected chi connectivity index (χ1v) is 8.23. The molecule has 2 aromatic rings. The summed E-state index contributed by atoms with van der Waals surface area (Å²) in [5.41, 5.74) is 3.31. The average Bonchev–Trinajstić information content (AvgIpc) is 2.64. The first-order chi connectivity index (χ1) is 12.5. The summed E-state index contributed by atoms with van der Waals surface area (Å²) in [6, 6.07) is 14.5. The lowest BCUT2D eigenvalue weighted by atomic mass is 10.1. The average molecular weight is 351 g/mol. The van der Waals surface area contributed by atoms with Crippen molar-refractivity contribution in [3.8, 4) is 0 Å². The molecule has 0 radical (unpaired) electrons. The van der Waals surface area contributed by atoms with Gasteiger partial charge in [-0.25, -0.2) is 4.79 Å². The minimum absolute atomic E-state index is 0.115. The molecule has 0 unspecified atom stereocenters. The molecule has 0 aliphatic heterocycles. The van der Waals surface area contributed by atoms with Crippen molar-refractivity contribution in [2.24, 2.45) is 0 Å². The van der Waals surface area contributed by atoms with E-state index in [-0.39, 0.29) is 18.3 Å². The number of amides is 1. The molecule has 0 fully saturated rings. The highest BCUT2D eigenvalue weighted by molar-refractivity contribution is 5.99. The normalized spacial score (nSPS) is 10.5. The van der Waals surface area contributed by atoms with Gasteiger partial charge in [-0.15, -0.1) is 0 Å². The molecule has 0 heterocycles. The topological polar surface area (TPSA) is 72.5 Å². The highest BCUT2D eigenvalue weighted by atomic mass is 16.5. The highest BCUT2D eigenvalue weighted by Gasteiger charge is 2.08. The van der Waals surface area contributed by atoms with Gasteiger partial charge in [0, 0.05) is 25.1 Å². The number of hydrogen-bond acceptors (Lipinski definition) is 4. The van der Waals surface area contributed by atoms with Gasteiger partial charge in [0.05, 0.1) is 0 Å². The van der Waals surface area contributed by atoms with Crippen LogP contribution >= 0.6 is 0 Å². The van der Waals surface area contributed by atoms with E-state index in [9.17, 15) is 14.4 Å². The second kappa shape index (κ2) is 9.32. The van der Waals surface area contributed by atoms with Crippen LogP contribution in [0, 0.1) is 6.92 Å². The number of nitrogens with one attached hydrogen (secondary N) is 1. The summed E-state index contributed by atoms with van der Waals surface area (Å²) in [7, 11) is 0. The number of ketones is 1. The van der Waals surface area contributed by atoms with Crippen molar-refractivity contribution in [3.63, 3.8) is 0 Å². The molecular weight excluding hydrogens is 330 g/mol. The van der Waals surface area contributed by atoms with E-state index in [1.54, 1.807) is 30.3 Å². The molecule has 2 rings (SSSR count). The predicted molar refractivity (Wildman–Crippen MR) is 99.5 cm³/mol. The lowest BCUT2D eigenvalue weighted by molar-refractivity contribution is -0.136. The van der Waals surface area contributed by atoms with Crippen LogP contribution in [0.25, 0.3) is 6.08 Å².